The molecule has 1 aromatic rings. The highest BCUT2D eigenvalue weighted by molar-refractivity contribution is 5.96. The number of hydrogen-bond acceptors (Lipinski definition) is 2. The fourth-order valence-electron chi connectivity index (χ4n) is 1.73. The lowest BCUT2D eigenvalue weighted by Crippen LogP contribution is -2.62. The largest absolute Gasteiger partial charge is 0.480 e. The topological polar surface area (TPSA) is 66.4 Å². The molecule has 2 atom stereocenters. The molecule has 0 saturated carbocycles. The Labute approximate surface area is 86.9 Å². The molecule has 1 heterocycles. The molecule has 0 bridgehead atoms. The number of carboxylic acid groups (broad SMARTS) is 1. The zero-order chi connectivity index (χ0) is 10.8. The van der Waals surface area contributed by atoms with Gasteiger partial charge in [-0.05, 0) is 12.0 Å². The summed E-state index contributed by atoms with van der Waals surface area (Å²) >= 11 is 0. The van der Waals surface area contributed by atoms with Crippen molar-refractivity contribution in [2.24, 2.45) is 5.92 Å². The van der Waals surface area contributed by atoms with E-state index in [1.807, 2.05) is 30.3 Å². The van der Waals surface area contributed by atoms with Gasteiger partial charge in [0.15, 0.2) is 0 Å². The molecule has 1 aliphatic rings. The van der Waals surface area contributed by atoms with E-state index >= 15 is 0 Å². The number of rotatable bonds is 3. The van der Waals surface area contributed by atoms with E-state index in [0.717, 1.165) is 5.56 Å². The average Bonchev–Trinajstić information content (AvgIpc) is 2.23. The Hall–Kier alpha value is -1.84. The molecule has 15 heavy (non-hydrogen) atoms. The highest BCUT2D eigenvalue weighted by Gasteiger charge is 2.43. The van der Waals surface area contributed by atoms with Crippen molar-refractivity contribution in [3.05, 3.63) is 35.9 Å². The highest BCUT2D eigenvalue weighted by Crippen LogP contribution is 2.20. The van der Waals surface area contributed by atoms with Crippen LogP contribution >= 0.6 is 0 Å². The maximum atomic E-state index is 11.2. The van der Waals surface area contributed by atoms with Gasteiger partial charge in [-0.1, -0.05) is 30.3 Å². The van der Waals surface area contributed by atoms with Crippen molar-refractivity contribution < 1.29 is 14.7 Å². The first kappa shape index (κ1) is 9.71. The molecule has 1 fully saturated rings. The zero-order valence-electron chi connectivity index (χ0n) is 8.01. The van der Waals surface area contributed by atoms with Gasteiger partial charge in [0, 0.05) is 0 Å². The van der Waals surface area contributed by atoms with Crippen molar-refractivity contribution in [1.29, 1.82) is 0 Å². The summed E-state index contributed by atoms with van der Waals surface area (Å²) in [6.07, 6.45) is 0.490. The molecule has 2 N–H and O–H groups in total. The number of aliphatic carboxylic acids is 1. The maximum Gasteiger partial charge on any atom is 0.327 e. The summed E-state index contributed by atoms with van der Waals surface area (Å²) < 4.78 is 0. The molecule has 2 rings (SSSR count). The molecule has 78 valence electrons. The zero-order valence-corrected chi connectivity index (χ0v) is 8.01. The van der Waals surface area contributed by atoms with E-state index in [4.69, 9.17) is 5.11 Å². The van der Waals surface area contributed by atoms with Crippen molar-refractivity contribution in [2.45, 2.75) is 12.5 Å². The van der Waals surface area contributed by atoms with E-state index in [9.17, 15) is 9.59 Å². The van der Waals surface area contributed by atoms with Crippen molar-refractivity contribution in [2.75, 3.05) is 0 Å². The quantitative estimate of drug-likeness (QED) is 0.703. The standard InChI is InChI=1S/C11H11NO3/c13-10-8(9(12-10)11(14)15)6-7-4-2-1-3-5-7/h1-5,8-9H,6H2,(H,12,13)(H,14,15)/t8-,9-/m1/s1. The molecule has 4 nitrogen and oxygen atoms in total. The summed E-state index contributed by atoms with van der Waals surface area (Å²) in [6.45, 7) is 0. The van der Waals surface area contributed by atoms with E-state index in [0.29, 0.717) is 6.42 Å². The first-order valence-electron chi connectivity index (χ1n) is 4.75. The molecule has 0 radical (unpaired) electrons. The van der Waals surface area contributed by atoms with Crippen LogP contribution < -0.4 is 5.32 Å². The Morgan fingerprint density at radius 3 is 2.53 bits per heavy atom. The lowest BCUT2D eigenvalue weighted by Gasteiger charge is -2.33. The monoisotopic (exact) mass is 205 g/mol. The first-order valence-corrected chi connectivity index (χ1v) is 4.75. The minimum atomic E-state index is -0.962. The normalized spacial score (nSPS) is 24.1. The fourth-order valence-corrected chi connectivity index (χ4v) is 1.73. The molecule has 0 spiro atoms. The molecular weight excluding hydrogens is 194 g/mol. The van der Waals surface area contributed by atoms with Gasteiger partial charge in [-0.2, -0.15) is 0 Å². The van der Waals surface area contributed by atoms with Crippen LogP contribution in [0.1, 0.15) is 5.56 Å². The van der Waals surface area contributed by atoms with Crippen LogP contribution in [-0.4, -0.2) is 23.0 Å². The molecule has 0 unspecified atom stereocenters. The fraction of sp³-hybridized carbons (Fsp3) is 0.273. The van der Waals surface area contributed by atoms with Crippen molar-refractivity contribution in [3.8, 4) is 0 Å². The summed E-state index contributed by atoms with van der Waals surface area (Å²) in [5, 5.41) is 11.2. The number of amides is 1. The van der Waals surface area contributed by atoms with Crippen molar-refractivity contribution in [3.63, 3.8) is 0 Å². The van der Waals surface area contributed by atoms with E-state index in [2.05, 4.69) is 5.32 Å². The van der Waals surface area contributed by atoms with Gasteiger partial charge in [0.05, 0.1) is 5.92 Å². The molecule has 0 aromatic heterocycles. The molecular formula is C11H11NO3. The van der Waals surface area contributed by atoms with Gasteiger partial charge in [-0.25, -0.2) is 4.79 Å². The molecule has 1 aromatic carbocycles. The number of hydrogen-bond donors (Lipinski definition) is 2. The first-order chi connectivity index (χ1) is 7.18. The van der Waals surface area contributed by atoms with Crippen LogP contribution in [0.15, 0.2) is 30.3 Å². The van der Waals surface area contributed by atoms with Crippen LogP contribution in [0.25, 0.3) is 0 Å². The third-order valence-corrected chi connectivity index (χ3v) is 2.60. The predicted molar refractivity (Wildman–Crippen MR) is 53.2 cm³/mol. The third-order valence-electron chi connectivity index (χ3n) is 2.60. The van der Waals surface area contributed by atoms with Gasteiger partial charge < -0.3 is 10.4 Å². The highest BCUT2D eigenvalue weighted by atomic mass is 16.4. The van der Waals surface area contributed by atoms with E-state index in [-0.39, 0.29) is 5.91 Å². The summed E-state index contributed by atoms with van der Waals surface area (Å²) in [6, 6.07) is 8.70. The van der Waals surface area contributed by atoms with Crippen molar-refractivity contribution >= 4 is 11.9 Å². The second kappa shape index (κ2) is 3.73. The Balaban J connectivity index is 2.06. The Morgan fingerprint density at radius 2 is 2.00 bits per heavy atom. The second-order valence-corrected chi connectivity index (χ2v) is 3.62. The van der Waals surface area contributed by atoms with Crippen LogP contribution in [0.2, 0.25) is 0 Å². The van der Waals surface area contributed by atoms with Gasteiger partial charge in [0.25, 0.3) is 0 Å². The number of benzene rings is 1. The smallest absolute Gasteiger partial charge is 0.327 e. The summed E-state index contributed by atoms with van der Waals surface area (Å²) in [5.74, 6) is -1.56. The van der Waals surface area contributed by atoms with Gasteiger partial charge in [0.1, 0.15) is 6.04 Å². The van der Waals surface area contributed by atoms with Crippen LogP contribution in [-0.2, 0) is 16.0 Å². The van der Waals surface area contributed by atoms with Crippen LogP contribution in [0, 0.1) is 5.92 Å². The number of carboxylic acids is 1. The minimum absolute atomic E-state index is 0.175. The van der Waals surface area contributed by atoms with E-state index in [1.165, 1.54) is 0 Å². The summed E-state index contributed by atoms with van der Waals surface area (Å²) in [7, 11) is 0. The SMILES string of the molecule is O=C1N[C@@H](C(=O)O)[C@H]1Cc1ccccc1. The molecule has 0 aliphatic carbocycles. The molecule has 1 saturated heterocycles. The molecule has 4 heteroatoms. The van der Waals surface area contributed by atoms with Crippen LogP contribution in [0.4, 0.5) is 0 Å². The lowest BCUT2D eigenvalue weighted by atomic mass is 9.85. The Kier molecular flexibility index (Phi) is 2.41. The van der Waals surface area contributed by atoms with Gasteiger partial charge in [0.2, 0.25) is 5.91 Å². The number of nitrogens with one attached hydrogen (secondary N) is 1. The van der Waals surface area contributed by atoms with Crippen LogP contribution in [0.3, 0.4) is 0 Å². The number of β-lactam (4-membered cyclic amide) rings is 1. The second-order valence-electron chi connectivity index (χ2n) is 3.62. The van der Waals surface area contributed by atoms with Crippen LogP contribution in [0.5, 0.6) is 0 Å². The van der Waals surface area contributed by atoms with E-state index in [1.54, 1.807) is 0 Å². The van der Waals surface area contributed by atoms with Gasteiger partial charge in [-0.3, -0.25) is 4.79 Å². The average molecular weight is 205 g/mol. The third kappa shape index (κ3) is 1.83. The summed E-state index contributed by atoms with van der Waals surface area (Å²) in [4.78, 5) is 21.9. The Bertz CT molecular complexity index is 388. The number of carbonyl (C=O) groups excluding carboxylic acids is 1. The van der Waals surface area contributed by atoms with E-state index < -0.39 is 17.9 Å². The predicted octanol–water partition coefficient (Wildman–Crippen LogP) is 0.428. The Morgan fingerprint density at radius 1 is 1.33 bits per heavy atom. The summed E-state index contributed by atoms with van der Waals surface area (Å²) in [5.41, 5.74) is 0.989. The molecule has 1 amide bonds. The van der Waals surface area contributed by atoms with Gasteiger partial charge in [-0.15, -0.1) is 0 Å². The van der Waals surface area contributed by atoms with Gasteiger partial charge >= 0.3 is 5.97 Å². The van der Waals surface area contributed by atoms with Crippen molar-refractivity contribution in [1.82, 2.24) is 5.32 Å². The maximum absolute atomic E-state index is 11.2. The number of carbonyl (C=O) groups is 2. The molecule has 1 aliphatic heterocycles. The minimum Gasteiger partial charge on any atom is -0.480 e. The lowest BCUT2D eigenvalue weighted by molar-refractivity contribution is -0.153.